The fourth-order valence-electron chi connectivity index (χ4n) is 8.17. The van der Waals surface area contributed by atoms with Crippen LogP contribution in [0.4, 0.5) is 20.7 Å². The molecule has 7 aromatic rings. The highest BCUT2D eigenvalue weighted by atomic mass is 19.1. The van der Waals surface area contributed by atoms with Crippen LogP contribution in [-0.4, -0.2) is 104 Å². The molecule has 0 radical (unpaired) electrons. The van der Waals surface area contributed by atoms with E-state index in [1.54, 1.807) is 14.0 Å². The number of nitrogen functional groups attached to an aromatic ring is 1. The Bertz CT molecular complexity index is 3090. The second-order valence-electron chi connectivity index (χ2n) is 15.2. The van der Waals surface area contributed by atoms with Crippen molar-refractivity contribution in [2.75, 3.05) is 24.8 Å². The molecular weight excluding hydrogens is 883 g/mol. The molecule has 0 saturated carbocycles. The van der Waals surface area contributed by atoms with E-state index in [0.717, 1.165) is 27.6 Å². The number of aromatic nitrogens is 8. The molecule has 24 nitrogen and oxygen atoms in total. The Morgan fingerprint density at radius 1 is 0.806 bits per heavy atom. The Morgan fingerprint density at radius 2 is 1.28 bits per heavy atom. The number of halogens is 2. The smallest absolute Gasteiger partial charge is 0.280 e. The molecule has 8 atom stereocenters. The Labute approximate surface area is 374 Å². The van der Waals surface area contributed by atoms with Crippen molar-refractivity contribution in [1.82, 2.24) is 39.0 Å². The molecule has 0 aliphatic carbocycles. The van der Waals surface area contributed by atoms with Crippen LogP contribution in [0.25, 0.3) is 43.2 Å². The largest absolute Gasteiger partial charge is 0.497 e. The average molecular weight is 923 g/mol. The van der Waals surface area contributed by atoms with Gasteiger partial charge in [-0.2, -0.15) is 9.97 Å². The molecule has 2 aliphatic rings. The van der Waals surface area contributed by atoms with E-state index in [2.05, 4.69) is 50.3 Å². The minimum Gasteiger partial charge on any atom is -0.497 e. The molecule has 346 valence electrons. The van der Waals surface area contributed by atoms with Crippen LogP contribution in [0.5, 0.6) is 5.75 Å². The van der Waals surface area contributed by atoms with Gasteiger partial charge in [0.25, 0.3) is 11.1 Å². The minimum atomic E-state index is -2.19. The summed E-state index contributed by atoms with van der Waals surface area (Å²) in [7, 11) is 1.59. The van der Waals surface area contributed by atoms with Crippen LogP contribution >= 0.6 is 0 Å². The van der Waals surface area contributed by atoms with E-state index >= 15 is 4.39 Å². The van der Waals surface area contributed by atoms with Gasteiger partial charge in [0.15, 0.2) is 52.9 Å². The van der Waals surface area contributed by atoms with Crippen molar-refractivity contribution >= 4 is 34.2 Å². The summed E-state index contributed by atoms with van der Waals surface area (Å²) in [6.45, 7) is 0.661. The molecule has 67 heavy (non-hydrogen) atoms. The molecule has 26 heteroatoms. The van der Waals surface area contributed by atoms with Crippen LogP contribution in [0.2, 0.25) is 0 Å². The predicted molar refractivity (Wildman–Crippen MR) is 233 cm³/mol. The van der Waals surface area contributed by atoms with E-state index in [9.17, 15) is 29.3 Å². The van der Waals surface area contributed by atoms with Gasteiger partial charge in [0.1, 0.15) is 23.5 Å². The number of nitrogens with one attached hydrogen (secondary N) is 3. The summed E-state index contributed by atoms with van der Waals surface area (Å²) >= 11 is 0. The summed E-state index contributed by atoms with van der Waals surface area (Å²) < 4.78 is 48.7. The number of aromatic amines is 2. The molecular formula is C41H40F2N16O8. The molecule has 0 amide bonds. The lowest BCUT2D eigenvalue weighted by Gasteiger charge is -2.37. The second-order valence-corrected chi connectivity index (χ2v) is 15.2. The van der Waals surface area contributed by atoms with Crippen molar-refractivity contribution < 1.29 is 38.3 Å². The van der Waals surface area contributed by atoms with Gasteiger partial charge in [0.05, 0.1) is 26.4 Å². The van der Waals surface area contributed by atoms with E-state index in [-0.39, 0.29) is 40.6 Å². The number of alkyl halides is 2. The normalized spacial score (nSPS) is 24.6. The van der Waals surface area contributed by atoms with Crippen LogP contribution in [0, 0.1) is 0 Å². The first-order valence-electron chi connectivity index (χ1n) is 20.3. The number of aliphatic hydroxyl groups is 3. The number of nitrogens with zero attached hydrogens (tertiary/aromatic N) is 12. The zero-order valence-corrected chi connectivity index (χ0v) is 35.2. The van der Waals surface area contributed by atoms with Crippen LogP contribution in [0.1, 0.15) is 42.5 Å². The lowest BCUT2D eigenvalue weighted by molar-refractivity contribution is -0.122. The first-order valence-corrected chi connectivity index (χ1v) is 20.3. The molecule has 4 aromatic heterocycles. The van der Waals surface area contributed by atoms with Gasteiger partial charge in [-0.05, 0) is 46.3 Å². The Morgan fingerprint density at radius 3 is 1.79 bits per heavy atom. The highest BCUT2D eigenvalue weighted by Gasteiger charge is 2.57. The third-order valence-electron chi connectivity index (χ3n) is 11.6. The van der Waals surface area contributed by atoms with Gasteiger partial charge in [0.2, 0.25) is 17.6 Å². The predicted octanol–water partition coefficient (Wildman–Crippen LogP) is 4.11. The summed E-state index contributed by atoms with van der Waals surface area (Å²) in [6.07, 6.45) is -8.43. The second kappa shape index (κ2) is 18.1. The molecule has 8 N–H and O–H groups in total. The Hall–Kier alpha value is -7.96. The van der Waals surface area contributed by atoms with Crippen LogP contribution in [0.15, 0.2) is 117 Å². The maximum absolute atomic E-state index is 15.5. The first-order chi connectivity index (χ1) is 32.3. The first kappa shape index (κ1) is 45.6. The van der Waals surface area contributed by atoms with E-state index in [1.807, 2.05) is 84.9 Å². The standard InChI is InChI=1S/C31H29FN8O4.C10H11FN8O4/c1-3-30(38-39-33)25(41)23(32)28(44-30)40-18-34-24-26(40)35-29(36-27(24)42)37-31(19-10-6-4-7-11-19,20-12-8-5-9-13-20)21-14-16-22(43-2)17-15-21;11-3-5(21)10(1-20,17-18-13)23-8(3)19-2-14-4-6(19)15-9(12)16-7(4)22/h4-18,23,25,28,41H,3H2,1-2H3,(H2,35,36,37,42);2-3,5,8,20-21H,1H2,(H3,12,15,16,22)/t23-,25+,28-,30-;3-,5+,8-,10-/m11/s1. The van der Waals surface area contributed by atoms with Crippen molar-refractivity contribution in [2.24, 2.45) is 10.2 Å². The number of fused-ring (bicyclic) bond motifs is 2. The van der Waals surface area contributed by atoms with Gasteiger partial charge in [-0.25, -0.2) is 18.7 Å². The van der Waals surface area contributed by atoms with Crippen molar-refractivity contribution in [1.29, 1.82) is 0 Å². The number of methoxy groups -OCH3 is 1. The number of rotatable bonds is 12. The fraction of sp³-hybridized carbons (Fsp3) is 0.317. The fourth-order valence-corrected chi connectivity index (χ4v) is 8.17. The zero-order valence-electron chi connectivity index (χ0n) is 35.2. The molecule has 2 aliphatic heterocycles. The summed E-state index contributed by atoms with van der Waals surface area (Å²) in [5.74, 6) is 0.518. The average Bonchev–Trinajstić information content (AvgIpc) is 4.09. The summed E-state index contributed by atoms with van der Waals surface area (Å²) in [6, 6.07) is 26.9. The lowest BCUT2D eigenvalue weighted by atomic mass is 9.77. The topological polar surface area (TPSA) is 351 Å². The third-order valence-corrected chi connectivity index (χ3v) is 11.6. The van der Waals surface area contributed by atoms with E-state index < -0.39 is 71.7 Å². The van der Waals surface area contributed by atoms with Crippen LogP contribution < -0.4 is 26.9 Å². The maximum atomic E-state index is 15.5. The number of aliphatic hydroxyl groups excluding tert-OH is 3. The molecule has 0 bridgehead atoms. The molecule has 2 saturated heterocycles. The number of ether oxygens (including phenoxy) is 3. The van der Waals surface area contributed by atoms with Crippen molar-refractivity contribution in [3.63, 3.8) is 0 Å². The number of hydrogen-bond donors (Lipinski definition) is 7. The molecule has 0 unspecified atom stereocenters. The summed E-state index contributed by atoms with van der Waals surface area (Å²) in [5.41, 5.74) is 19.0. The molecule has 6 heterocycles. The van der Waals surface area contributed by atoms with Crippen molar-refractivity contribution in [3.05, 3.63) is 156 Å². The molecule has 2 fully saturated rings. The summed E-state index contributed by atoms with van der Waals surface area (Å²) in [5, 5.41) is 40.1. The van der Waals surface area contributed by atoms with Crippen molar-refractivity contribution in [3.8, 4) is 5.75 Å². The summed E-state index contributed by atoms with van der Waals surface area (Å²) in [4.78, 5) is 51.8. The van der Waals surface area contributed by atoms with Gasteiger partial charge < -0.3 is 40.6 Å². The maximum Gasteiger partial charge on any atom is 0.280 e. The minimum absolute atomic E-state index is 0.00805. The van der Waals surface area contributed by atoms with Gasteiger partial charge in [-0.15, -0.1) is 0 Å². The zero-order chi connectivity index (χ0) is 47.7. The highest BCUT2D eigenvalue weighted by molar-refractivity contribution is 5.72. The Kier molecular flexibility index (Phi) is 12.3. The van der Waals surface area contributed by atoms with Crippen molar-refractivity contribution in [2.45, 2.75) is 67.3 Å². The van der Waals surface area contributed by atoms with E-state index in [1.165, 1.54) is 10.9 Å². The number of H-pyrrole nitrogens is 2. The Balaban J connectivity index is 0.000000222. The van der Waals surface area contributed by atoms with Gasteiger partial charge >= 0.3 is 0 Å². The quantitative estimate of drug-likeness (QED) is 0.0393. The third kappa shape index (κ3) is 7.78. The van der Waals surface area contributed by atoms with Gasteiger partial charge in [-0.1, -0.05) is 89.9 Å². The number of imidazole rings is 2. The lowest BCUT2D eigenvalue weighted by Crippen LogP contribution is -2.43. The number of benzene rings is 3. The molecule has 3 aromatic carbocycles. The highest BCUT2D eigenvalue weighted by Crippen LogP contribution is 2.44. The van der Waals surface area contributed by atoms with Gasteiger partial charge in [0, 0.05) is 9.82 Å². The monoisotopic (exact) mass is 922 g/mol. The molecule has 9 rings (SSSR count). The van der Waals surface area contributed by atoms with E-state index in [0.29, 0.717) is 5.75 Å². The van der Waals surface area contributed by atoms with Crippen LogP contribution in [0.3, 0.4) is 0 Å². The SMILES string of the molecule is CC[C@@]1(N=[N+]=[N-])O[C@@H](n2cnc3c(=O)[nH]c(NC(c4ccccc4)(c4ccccc4)c4ccc(OC)cc4)nc32)[C@H](F)[C@@H]1O.[N-]=[N+]=N[C@]1(CO)O[C@@H](n2cnc3c(=O)[nH]c(N)nc32)[C@H](F)[C@@H]1O. The van der Waals surface area contributed by atoms with Crippen LogP contribution in [-0.2, 0) is 15.0 Å². The van der Waals surface area contributed by atoms with E-state index in [4.69, 9.17) is 36.0 Å². The van der Waals surface area contributed by atoms with Gasteiger partial charge in [-0.3, -0.25) is 28.7 Å². The number of nitrogens with two attached hydrogens (primary N) is 1. The molecule has 0 spiro atoms. The number of anilines is 2. The number of hydrogen-bond acceptors (Lipinski definition) is 16. The number of azide groups is 2.